The van der Waals surface area contributed by atoms with Crippen molar-refractivity contribution in [3.8, 4) is 5.75 Å². The number of nitrogens with zero attached hydrogens (tertiary/aromatic N) is 2. The Hall–Kier alpha value is -3.69. The summed E-state index contributed by atoms with van der Waals surface area (Å²) in [6.45, 7) is 1.96. The third-order valence-corrected chi connectivity index (χ3v) is 7.70. The van der Waals surface area contributed by atoms with Gasteiger partial charge >= 0.3 is 0 Å². The summed E-state index contributed by atoms with van der Waals surface area (Å²) in [6.07, 6.45) is 0. The van der Waals surface area contributed by atoms with Crippen molar-refractivity contribution in [2.75, 3.05) is 16.7 Å². The van der Waals surface area contributed by atoms with E-state index in [-0.39, 0.29) is 17.0 Å². The van der Waals surface area contributed by atoms with Gasteiger partial charge in [0.1, 0.15) is 5.75 Å². The van der Waals surface area contributed by atoms with Crippen LogP contribution in [0.5, 0.6) is 5.75 Å². The first-order valence-corrected chi connectivity index (χ1v) is 12.7. The van der Waals surface area contributed by atoms with Crippen LogP contribution in [-0.2, 0) is 16.6 Å². The van der Waals surface area contributed by atoms with Gasteiger partial charge in [0.05, 0.1) is 29.9 Å². The molecule has 1 amide bonds. The van der Waals surface area contributed by atoms with E-state index in [1.54, 1.807) is 43.5 Å². The molecule has 4 aromatic rings. The molecule has 1 aromatic heterocycles. The number of hydrogen-bond acceptors (Lipinski definition) is 6. The number of carbonyl (C=O) groups is 1. The summed E-state index contributed by atoms with van der Waals surface area (Å²) in [5, 5.41) is 5.00. The fourth-order valence-corrected chi connectivity index (χ4v) is 5.50. The van der Waals surface area contributed by atoms with Crippen molar-refractivity contribution < 1.29 is 17.9 Å². The van der Waals surface area contributed by atoms with E-state index in [0.717, 1.165) is 11.3 Å². The van der Waals surface area contributed by atoms with E-state index in [0.29, 0.717) is 16.6 Å². The molecular weight excluding hydrogens is 470 g/mol. The average Bonchev–Trinajstić information content (AvgIpc) is 3.27. The molecule has 1 heterocycles. The Morgan fingerprint density at radius 2 is 1.76 bits per heavy atom. The summed E-state index contributed by atoms with van der Waals surface area (Å²) >= 11 is 1.31. The topological polar surface area (TPSA) is 88.6 Å². The molecule has 0 saturated carbocycles. The minimum Gasteiger partial charge on any atom is -0.497 e. The molecule has 0 unspecified atom stereocenters. The summed E-state index contributed by atoms with van der Waals surface area (Å²) in [6, 6.07) is 22.1. The van der Waals surface area contributed by atoms with Gasteiger partial charge in [-0.15, -0.1) is 11.3 Å². The lowest BCUT2D eigenvalue weighted by Crippen LogP contribution is -2.30. The summed E-state index contributed by atoms with van der Waals surface area (Å²) in [4.78, 5) is 17.0. The van der Waals surface area contributed by atoms with Crippen molar-refractivity contribution in [1.82, 2.24) is 4.98 Å². The number of aromatic nitrogens is 1. The molecule has 0 aliphatic carbocycles. The maximum absolute atomic E-state index is 13.8. The summed E-state index contributed by atoms with van der Waals surface area (Å²) in [5.74, 6) is 0.197. The molecular formula is C25H23N3O4S2. The molecule has 0 radical (unpaired) electrons. The lowest BCUT2D eigenvalue weighted by molar-refractivity contribution is 0.102. The molecule has 34 heavy (non-hydrogen) atoms. The first-order chi connectivity index (χ1) is 16.4. The zero-order valence-corrected chi connectivity index (χ0v) is 20.3. The van der Waals surface area contributed by atoms with Gasteiger partial charge < -0.3 is 4.74 Å². The molecule has 3 aromatic carbocycles. The summed E-state index contributed by atoms with van der Waals surface area (Å²) in [5.41, 5.74) is 2.34. The van der Waals surface area contributed by atoms with Gasteiger partial charge in [0, 0.05) is 10.9 Å². The van der Waals surface area contributed by atoms with Gasteiger partial charge in [-0.25, -0.2) is 13.4 Å². The lowest BCUT2D eigenvalue weighted by Gasteiger charge is -2.25. The van der Waals surface area contributed by atoms with Gasteiger partial charge in [-0.05, 0) is 55.0 Å². The molecule has 0 fully saturated rings. The van der Waals surface area contributed by atoms with Crippen LogP contribution in [0.2, 0.25) is 0 Å². The monoisotopic (exact) mass is 493 g/mol. The normalized spacial score (nSPS) is 11.1. The molecule has 4 rings (SSSR count). The first kappa shape index (κ1) is 23.5. The fourth-order valence-electron chi connectivity index (χ4n) is 3.32. The van der Waals surface area contributed by atoms with Gasteiger partial charge in [0.2, 0.25) is 0 Å². The van der Waals surface area contributed by atoms with Gasteiger partial charge in [0.15, 0.2) is 5.13 Å². The van der Waals surface area contributed by atoms with Gasteiger partial charge in [-0.3, -0.25) is 14.4 Å². The van der Waals surface area contributed by atoms with E-state index >= 15 is 0 Å². The van der Waals surface area contributed by atoms with Crippen LogP contribution in [0.25, 0.3) is 0 Å². The quantitative estimate of drug-likeness (QED) is 0.369. The second-order valence-electron chi connectivity index (χ2n) is 7.47. The van der Waals surface area contributed by atoms with Gasteiger partial charge in [0.25, 0.3) is 15.9 Å². The highest BCUT2D eigenvalue weighted by molar-refractivity contribution is 7.92. The van der Waals surface area contributed by atoms with Crippen LogP contribution in [0.1, 0.15) is 21.6 Å². The molecule has 0 aliphatic rings. The highest BCUT2D eigenvalue weighted by Gasteiger charge is 2.26. The maximum atomic E-state index is 13.8. The molecule has 1 N–H and O–H groups in total. The molecule has 0 bridgehead atoms. The molecule has 0 spiro atoms. The Labute approximate surface area is 202 Å². The van der Waals surface area contributed by atoms with Crippen LogP contribution in [0.3, 0.4) is 0 Å². The molecule has 0 saturated heterocycles. The maximum Gasteiger partial charge on any atom is 0.264 e. The van der Waals surface area contributed by atoms with E-state index < -0.39 is 15.9 Å². The van der Waals surface area contributed by atoms with Crippen LogP contribution in [-0.4, -0.2) is 26.4 Å². The third-order valence-electron chi connectivity index (χ3n) is 5.05. The van der Waals surface area contributed by atoms with Gasteiger partial charge in [-0.1, -0.05) is 36.4 Å². The molecule has 0 atom stereocenters. The predicted octanol–water partition coefficient (Wildman–Crippen LogP) is 5.11. The van der Waals surface area contributed by atoms with Crippen molar-refractivity contribution in [1.29, 1.82) is 0 Å². The standard InChI is InChI=1S/C25H23N3O4S2/c1-18-17-33-25(26-18)27-24(29)20-9-6-10-23(15-20)34(30,31)28(16-19-7-4-3-5-8-19)21-11-13-22(32-2)14-12-21/h3-15,17H,16H2,1-2H3,(H,26,27,29). The second-order valence-corrected chi connectivity index (χ2v) is 10.2. The number of carbonyl (C=O) groups excluding carboxylic acids is 1. The third kappa shape index (κ3) is 5.27. The number of benzene rings is 3. The van der Waals surface area contributed by atoms with Crippen LogP contribution < -0.4 is 14.4 Å². The van der Waals surface area contributed by atoms with Crippen LogP contribution >= 0.6 is 11.3 Å². The average molecular weight is 494 g/mol. The largest absolute Gasteiger partial charge is 0.497 e. The van der Waals surface area contributed by atoms with E-state index in [4.69, 9.17) is 4.74 Å². The number of aryl methyl sites for hydroxylation is 1. The Bertz CT molecular complexity index is 1390. The van der Waals surface area contributed by atoms with Crippen molar-refractivity contribution in [3.05, 3.63) is 101 Å². The highest BCUT2D eigenvalue weighted by Crippen LogP contribution is 2.28. The van der Waals surface area contributed by atoms with Crippen LogP contribution in [0.4, 0.5) is 10.8 Å². The number of rotatable bonds is 8. The minimum absolute atomic E-state index is 0.0159. The van der Waals surface area contributed by atoms with Crippen molar-refractivity contribution in [3.63, 3.8) is 0 Å². The number of amides is 1. The van der Waals surface area contributed by atoms with Crippen molar-refractivity contribution in [2.24, 2.45) is 0 Å². The Balaban J connectivity index is 1.69. The Morgan fingerprint density at radius 1 is 1.03 bits per heavy atom. The molecule has 9 heteroatoms. The number of methoxy groups -OCH3 is 1. The molecule has 7 nitrogen and oxygen atoms in total. The number of nitrogens with one attached hydrogen (secondary N) is 1. The van der Waals surface area contributed by atoms with E-state index in [1.165, 1.54) is 27.8 Å². The Kier molecular flexibility index (Phi) is 6.95. The number of hydrogen-bond donors (Lipinski definition) is 1. The molecule has 174 valence electrons. The smallest absolute Gasteiger partial charge is 0.264 e. The number of ether oxygens (including phenoxy) is 1. The number of thiazole rings is 1. The van der Waals surface area contributed by atoms with E-state index in [2.05, 4.69) is 10.3 Å². The minimum atomic E-state index is -4.00. The van der Waals surface area contributed by atoms with Crippen LogP contribution in [0.15, 0.2) is 89.1 Å². The zero-order chi connectivity index (χ0) is 24.1. The first-order valence-electron chi connectivity index (χ1n) is 10.4. The van der Waals surface area contributed by atoms with Crippen molar-refractivity contribution in [2.45, 2.75) is 18.4 Å². The zero-order valence-electron chi connectivity index (χ0n) is 18.6. The van der Waals surface area contributed by atoms with E-state index in [1.807, 2.05) is 42.6 Å². The fraction of sp³-hybridized carbons (Fsp3) is 0.120. The lowest BCUT2D eigenvalue weighted by atomic mass is 10.2. The second kappa shape index (κ2) is 10.1. The molecule has 0 aliphatic heterocycles. The predicted molar refractivity (Wildman–Crippen MR) is 134 cm³/mol. The number of sulfonamides is 1. The van der Waals surface area contributed by atoms with E-state index in [9.17, 15) is 13.2 Å². The van der Waals surface area contributed by atoms with Crippen LogP contribution in [0, 0.1) is 6.92 Å². The van der Waals surface area contributed by atoms with Crippen molar-refractivity contribution >= 4 is 38.1 Å². The summed E-state index contributed by atoms with van der Waals surface area (Å²) in [7, 11) is -2.44. The SMILES string of the molecule is COc1ccc(N(Cc2ccccc2)S(=O)(=O)c2cccc(C(=O)Nc3nc(C)cs3)c2)cc1. The highest BCUT2D eigenvalue weighted by atomic mass is 32.2. The van der Waals surface area contributed by atoms with Gasteiger partial charge in [-0.2, -0.15) is 0 Å². The number of anilines is 2. The Morgan fingerprint density at radius 3 is 2.41 bits per heavy atom. The summed E-state index contributed by atoms with van der Waals surface area (Å²) < 4.78 is 34.1.